The minimum atomic E-state index is -4.40. The Bertz CT molecular complexity index is 5910. The van der Waals surface area contributed by atoms with Crippen LogP contribution in [0.1, 0.15) is 173 Å². The normalized spacial score (nSPS) is 20.4. The van der Waals surface area contributed by atoms with Gasteiger partial charge in [0.1, 0.15) is 31.0 Å². The first-order valence-corrected chi connectivity index (χ1v) is 49.8. The molecule has 5 saturated carbocycles. The van der Waals surface area contributed by atoms with Crippen molar-refractivity contribution in [2.75, 3.05) is 93.6 Å². The second kappa shape index (κ2) is 41.5. The number of anilines is 7. The average molecular weight is 1970 g/mol. The van der Waals surface area contributed by atoms with E-state index in [1.54, 1.807) is 34.3 Å². The van der Waals surface area contributed by atoms with Gasteiger partial charge in [-0.05, 0) is 190 Å². The molecule has 10 heterocycles. The summed E-state index contributed by atoms with van der Waals surface area (Å²) in [5, 5.41) is 9.11. The van der Waals surface area contributed by atoms with Gasteiger partial charge >= 0.3 is 12.4 Å². The highest BCUT2D eigenvalue weighted by atomic mass is 32.2. The Labute approximate surface area is 782 Å². The predicted molar refractivity (Wildman–Crippen MR) is 486 cm³/mol. The highest BCUT2D eigenvalue weighted by Crippen LogP contribution is 2.60. The molecular formula is C92H109F14N21O6S3. The lowest BCUT2D eigenvalue weighted by Crippen LogP contribution is -2.51. The van der Waals surface area contributed by atoms with Crippen molar-refractivity contribution >= 4 is 77.7 Å². The number of rotatable bonds is 34. The molecule has 5 aliphatic carbocycles. The highest BCUT2D eigenvalue weighted by molar-refractivity contribution is 7.88. The van der Waals surface area contributed by atoms with E-state index in [9.17, 15) is 69.7 Å². The van der Waals surface area contributed by atoms with Crippen LogP contribution in [-0.4, -0.2) is 184 Å². The summed E-state index contributed by atoms with van der Waals surface area (Å²) in [4.78, 5) is 59.1. The Morgan fingerprint density at radius 3 is 1.35 bits per heavy atom. The number of halogens is 14. The Kier molecular flexibility index (Phi) is 30.9. The first kappa shape index (κ1) is 101. The van der Waals surface area contributed by atoms with Gasteiger partial charge in [-0.25, -0.2) is 87.0 Å². The summed E-state index contributed by atoms with van der Waals surface area (Å²) in [6.45, 7) is 5.61. The van der Waals surface area contributed by atoms with Crippen LogP contribution < -0.4 is 41.3 Å². The molecule has 5 unspecified atom stereocenters. The Morgan fingerprint density at radius 2 is 0.926 bits per heavy atom. The van der Waals surface area contributed by atoms with Gasteiger partial charge in [-0.15, -0.1) is 0 Å². The van der Waals surface area contributed by atoms with Crippen LogP contribution in [0.5, 0.6) is 0 Å². The number of primary amides is 1. The predicted octanol–water partition coefficient (Wildman–Crippen LogP) is 15.9. The van der Waals surface area contributed by atoms with Crippen molar-refractivity contribution in [2.45, 2.75) is 217 Å². The first-order chi connectivity index (χ1) is 63.9. The molecule has 4 aliphatic heterocycles. The largest absolute Gasteiger partial charge is 0.416 e. The van der Waals surface area contributed by atoms with Crippen LogP contribution in [0.4, 0.5) is 102 Å². The van der Waals surface area contributed by atoms with E-state index in [1.807, 2.05) is 21.9 Å². The molecule has 734 valence electrons. The van der Waals surface area contributed by atoms with Gasteiger partial charge in [0.05, 0.1) is 59.0 Å². The van der Waals surface area contributed by atoms with E-state index in [-0.39, 0.29) is 133 Å². The Morgan fingerprint density at radius 1 is 0.500 bits per heavy atom. The lowest BCUT2D eigenvalue weighted by molar-refractivity contribution is -0.138. The fourth-order valence-electron chi connectivity index (χ4n) is 17.8. The van der Waals surface area contributed by atoms with E-state index in [4.69, 9.17) is 5.73 Å². The molecule has 44 heteroatoms. The average Bonchev–Trinajstić information content (AvgIpc) is 1.56. The number of nitrogens with zero attached hydrogens (tertiary/aromatic N) is 17. The molecule has 5 N–H and O–H groups in total. The lowest BCUT2D eigenvalue weighted by Gasteiger charge is -2.37. The number of amides is 1. The van der Waals surface area contributed by atoms with Crippen molar-refractivity contribution in [3.63, 3.8) is 0 Å². The fraction of sp³-hybridized carbons (Fsp3) is 0.511. The summed E-state index contributed by atoms with van der Waals surface area (Å²) in [7, 11) is -7.40. The molecule has 6 aromatic heterocycles. The molecule has 9 fully saturated rings. The topological polar surface area (TPSA) is 316 Å². The number of hydrogen-bond donors (Lipinski definition) is 4. The van der Waals surface area contributed by atoms with E-state index in [0.29, 0.717) is 98.3 Å². The molecule has 1 spiro atoms. The third-order valence-electron chi connectivity index (χ3n) is 25.8. The number of nitrogens with two attached hydrogens (primary N) is 1. The number of aromatic nitrogens is 10. The van der Waals surface area contributed by atoms with Gasteiger partial charge < -0.3 is 41.3 Å². The van der Waals surface area contributed by atoms with Gasteiger partial charge in [0.15, 0.2) is 46.5 Å². The smallest absolute Gasteiger partial charge is 0.369 e. The highest BCUT2D eigenvalue weighted by Gasteiger charge is 2.59. The number of carbonyl (C=O) groups is 1. The molecule has 3 aromatic carbocycles. The first-order valence-electron chi connectivity index (χ1n) is 44.6. The van der Waals surface area contributed by atoms with Crippen molar-refractivity contribution < 1.29 is 87.3 Å². The van der Waals surface area contributed by atoms with E-state index in [0.717, 1.165) is 152 Å². The van der Waals surface area contributed by atoms with E-state index in [1.165, 1.54) is 88.8 Å². The maximum absolute atomic E-state index is 15.5. The summed E-state index contributed by atoms with van der Waals surface area (Å²) in [5.74, 6) is -7.27. The minimum absolute atomic E-state index is 0. The Balaban J connectivity index is 0.000000145. The fourth-order valence-corrected chi connectivity index (χ4v) is 20.9. The van der Waals surface area contributed by atoms with Gasteiger partial charge in [-0.3, -0.25) is 14.8 Å². The van der Waals surface area contributed by atoms with E-state index < -0.39 is 95.5 Å². The van der Waals surface area contributed by atoms with Crippen molar-refractivity contribution in [2.24, 2.45) is 28.9 Å². The number of alkyl halides is 10. The molecular weight excluding hydrogens is 1860 g/mol. The lowest BCUT2D eigenvalue weighted by atomic mass is 9.92. The van der Waals surface area contributed by atoms with Gasteiger partial charge in [0.2, 0.25) is 43.4 Å². The summed E-state index contributed by atoms with van der Waals surface area (Å²) in [5.41, 5.74) is 7.60. The summed E-state index contributed by atoms with van der Waals surface area (Å²) in [6, 6.07) is 23.9. The van der Waals surface area contributed by atoms with Crippen LogP contribution in [0.15, 0.2) is 135 Å². The number of pyridine rings is 2. The third kappa shape index (κ3) is 25.8. The van der Waals surface area contributed by atoms with Crippen LogP contribution in [0, 0.1) is 46.4 Å². The molecule has 0 radical (unpaired) electrons. The molecule has 27 nitrogen and oxygen atoms in total. The van der Waals surface area contributed by atoms with Crippen molar-refractivity contribution in [1.29, 1.82) is 0 Å². The Hall–Kier alpha value is -10.7. The van der Waals surface area contributed by atoms with Crippen molar-refractivity contribution in [1.82, 2.24) is 62.8 Å². The van der Waals surface area contributed by atoms with Gasteiger partial charge in [-0.1, -0.05) is 56.0 Å². The second-order valence-corrected chi connectivity index (χ2v) is 41.8. The monoisotopic (exact) mass is 1970 g/mol. The van der Waals surface area contributed by atoms with Crippen LogP contribution >= 0.6 is 0 Å². The SMILES string of the molecule is C.CC(F)(F)c1cc(CN(c2ncnc(NCc3ccc(CC(N)=O)cc3)c2F)C2CC2)ccn1.CC(F)(F)c1ccc(CN(c2ncnc(NCC3CN(S(C)(=O)=O)C3)c2F)C2CC2)nc1.CS(=O)(=O)N1CCC2(CC2Cc2ncnc(N(Cc3ccc(C(F)(F)F)cc3)C3CC3)c2F)C1.CS(=O)N1C2CCC1CC(CNc1ncnc(N(Cc3ccc(C(F)(F)F)cc3)C3CC3)c1F)C2. The number of fused-ring (bicyclic) bond motifs is 2. The van der Waals surface area contributed by atoms with E-state index in [2.05, 4.69) is 70.1 Å². The van der Waals surface area contributed by atoms with Crippen molar-refractivity contribution in [3.8, 4) is 0 Å². The van der Waals surface area contributed by atoms with Crippen LogP contribution in [0.3, 0.4) is 0 Å². The van der Waals surface area contributed by atoms with Gasteiger partial charge in [-0.2, -0.15) is 48.3 Å². The van der Waals surface area contributed by atoms with Crippen LogP contribution in [-0.2, 0) is 106 Å². The number of sulfonamides is 2. The van der Waals surface area contributed by atoms with Crippen LogP contribution in [0.2, 0.25) is 0 Å². The van der Waals surface area contributed by atoms with E-state index >= 15 is 17.6 Å². The molecule has 18 rings (SSSR count). The summed E-state index contributed by atoms with van der Waals surface area (Å²) in [6.07, 6.45) is 16.1. The molecule has 4 saturated heterocycles. The third-order valence-corrected chi connectivity index (χ3v) is 29.5. The number of nitrogens with one attached hydrogen (secondary N) is 3. The molecule has 136 heavy (non-hydrogen) atoms. The maximum Gasteiger partial charge on any atom is 0.416 e. The number of carbonyl (C=O) groups excluding carboxylic acids is 1. The minimum Gasteiger partial charge on any atom is -0.369 e. The molecule has 2 bridgehead atoms. The molecule has 1 amide bonds. The van der Waals surface area contributed by atoms with Gasteiger partial charge in [0.25, 0.3) is 11.8 Å². The summed E-state index contributed by atoms with van der Waals surface area (Å²) >= 11 is 0. The zero-order valence-electron chi connectivity index (χ0n) is 74.6. The maximum atomic E-state index is 15.5. The second-order valence-electron chi connectivity index (χ2n) is 36.6. The molecule has 9 aliphatic rings. The van der Waals surface area contributed by atoms with Crippen molar-refractivity contribution in [3.05, 3.63) is 220 Å². The zero-order valence-corrected chi connectivity index (χ0v) is 77.1. The van der Waals surface area contributed by atoms with Gasteiger partial charge in [0, 0.05) is 146 Å². The standard InChI is InChI=1S/C24H29F4N5OS.C24H25F3N6O.C23H26F4N4O2S.C20H25F3N6O2S.CH4/c1-35(34)33-19-8-9-20(33)11-16(10-19)12-29-22-21(25)23(31-14-30-22)32(18-6-7-18)13-15-2-4-17(5-3-15)24(26,27)28;1-24(26,27)19-10-17(8-9-29-19)13-33(18-6-7-18)23-21(25)22(31-14-32-23)30-12-16-4-2-15(3-5-16)11-20(28)34;1-34(32,33)30-9-8-22(13-30)11-17(22)10-19-20(24)21(29-14-28-19)31(18-6-7-18)12-15-2-4-16(5-3-15)23(25,26)27;1-20(22,23)14-3-4-15(24-8-14)11-29(16-5-6-16)19-17(21)18(26-12-27-19)25-7-13-9-28(10-13)32(2,30)31;/h2-5,14,16,18-20H,6-13H2,1H3,(H,29,30,31);2-5,8-10,14,18H,6-7,11-13H2,1H3,(H2,28,34)(H,30,31,32);2-5,14,17-18H,6-13H2,1H3;3-4,8,12-13,16H,5-7,9-11H2,1-2H3,(H,25,26,27);1H4. The number of hydrogen-bond acceptors (Lipinski definition) is 23. The zero-order chi connectivity index (χ0) is 96.4. The van der Waals surface area contributed by atoms with Crippen LogP contribution in [0.25, 0.3) is 0 Å². The number of benzene rings is 3. The number of piperidine rings is 1. The summed E-state index contributed by atoms with van der Waals surface area (Å²) < 4.78 is 257. The molecule has 9 aromatic rings. The quantitative estimate of drug-likeness (QED) is 0.0272. The molecule has 5 atom stereocenters.